The van der Waals surface area contributed by atoms with Crippen molar-refractivity contribution in [2.45, 2.75) is 27.2 Å². The topological polar surface area (TPSA) is 49.8 Å². The molecular formula is C12H23NO3. The predicted octanol–water partition coefficient (Wildman–Crippen LogP) is 1.77. The average molecular weight is 229 g/mol. The van der Waals surface area contributed by atoms with E-state index >= 15 is 0 Å². The minimum Gasteiger partial charge on any atom is -0.478 e. The van der Waals surface area contributed by atoms with Crippen LogP contribution in [0.1, 0.15) is 27.2 Å². The standard InChI is InChI=1S/C12H23NO3/c1-4-11(12(14)15)7-8-13(5-2)9-10-16-6-3/h7H,4-6,8-10H2,1-3H3,(H,14,15). The minimum absolute atomic E-state index is 0.481. The summed E-state index contributed by atoms with van der Waals surface area (Å²) >= 11 is 0. The van der Waals surface area contributed by atoms with Crippen LogP contribution in [0.2, 0.25) is 0 Å². The molecule has 0 rings (SSSR count). The van der Waals surface area contributed by atoms with Crippen LogP contribution in [0, 0.1) is 0 Å². The van der Waals surface area contributed by atoms with Crippen LogP contribution in [0.3, 0.4) is 0 Å². The Labute approximate surface area is 97.9 Å². The summed E-state index contributed by atoms with van der Waals surface area (Å²) in [4.78, 5) is 12.9. The third-order valence-electron chi connectivity index (χ3n) is 2.45. The molecule has 0 atom stereocenters. The first kappa shape index (κ1) is 15.1. The van der Waals surface area contributed by atoms with Gasteiger partial charge in [0.1, 0.15) is 0 Å². The Morgan fingerprint density at radius 3 is 2.50 bits per heavy atom. The maximum atomic E-state index is 10.8. The maximum absolute atomic E-state index is 10.8. The normalized spacial score (nSPS) is 12.1. The second-order valence-corrected chi connectivity index (χ2v) is 3.48. The third-order valence-corrected chi connectivity index (χ3v) is 2.45. The van der Waals surface area contributed by atoms with Gasteiger partial charge < -0.3 is 9.84 Å². The fraction of sp³-hybridized carbons (Fsp3) is 0.750. The number of carboxylic acid groups (broad SMARTS) is 1. The van der Waals surface area contributed by atoms with Gasteiger partial charge in [0.05, 0.1) is 6.61 Å². The summed E-state index contributed by atoms with van der Waals surface area (Å²) in [6.45, 7) is 9.74. The molecule has 0 aliphatic heterocycles. The van der Waals surface area contributed by atoms with Crippen molar-refractivity contribution in [3.8, 4) is 0 Å². The van der Waals surface area contributed by atoms with Gasteiger partial charge in [-0.3, -0.25) is 4.90 Å². The molecule has 0 aliphatic carbocycles. The molecule has 0 saturated heterocycles. The van der Waals surface area contributed by atoms with E-state index in [2.05, 4.69) is 11.8 Å². The Morgan fingerprint density at radius 2 is 2.06 bits per heavy atom. The molecule has 0 amide bonds. The molecule has 0 unspecified atom stereocenters. The Hall–Kier alpha value is -0.870. The second kappa shape index (κ2) is 9.36. The molecule has 0 aromatic heterocycles. The zero-order chi connectivity index (χ0) is 12.4. The van der Waals surface area contributed by atoms with E-state index in [4.69, 9.17) is 9.84 Å². The van der Waals surface area contributed by atoms with Crippen LogP contribution < -0.4 is 0 Å². The van der Waals surface area contributed by atoms with Gasteiger partial charge in [-0.15, -0.1) is 0 Å². The van der Waals surface area contributed by atoms with Gasteiger partial charge in [-0.05, 0) is 19.9 Å². The Bertz CT molecular complexity index is 226. The molecule has 0 aromatic rings. The van der Waals surface area contributed by atoms with Crippen LogP contribution in [0.15, 0.2) is 11.6 Å². The smallest absolute Gasteiger partial charge is 0.331 e. The predicted molar refractivity (Wildman–Crippen MR) is 64.6 cm³/mol. The van der Waals surface area contributed by atoms with Crippen LogP contribution in [0.5, 0.6) is 0 Å². The van der Waals surface area contributed by atoms with Crippen LogP contribution in [-0.4, -0.2) is 48.8 Å². The first-order valence-corrected chi connectivity index (χ1v) is 5.88. The van der Waals surface area contributed by atoms with Crippen molar-refractivity contribution in [1.82, 2.24) is 4.90 Å². The number of hydrogen-bond donors (Lipinski definition) is 1. The highest BCUT2D eigenvalue weighted by molar-refractivity contribution is 5.86. The highest BCUT2D eigenvalue weighted by Crippen LogP contribution is 2.01. The highest BCUT2D eigenvalue weighted by Gasteiger charge is 2.05. The molecule has 4 nitrogen and oxygen atoms in total. The lowest BCUT2D eigenvalue weighted by molar-refractivity contribution is -0.132. The van der Waals surface area contributed by atoms with Gasteiger partial charge in [-0.25, -0.2) is 4.79 Å². The van der Waals surface area contributed by atoms with Gasteiger partial charge in [0.25, 0.3) is 0 Å². The molecular weight excluding hydrogens is 206 g/mol. The zero-order valence-corrected chi connectivity index (χ0v) is 10.5. The number of nitrogens with zero attached hydrogens (tertiary/aromatic N) is 1. The van der Waals surface area contributed by atoms with Gasteiger partial charge >= 0.3 is 5.97 Å². The molecule has 94 valence electrons. The van der Waals surface area contributed by atoms with Gasteiger partial charge in [-0.2, -0.15) is 0 Å². The molecule has 1 N–H and O–H groups in total. The summed E-state index contributed by atoms with van der Waals surface area (Å²) in [6, 6.07) is 0. The largest absolute Gasteiger partial charge is 0.478 e. The zero-order valence-electron chi connectivity index (χ0n) is 10.5. The van der Waals surface area contributed by atoms with E-state index in [1.165, 1.54) is 0 Å². The van der Waals surface area contributed by atoms with Crippen molar-refractivity contribution < 1.29 is 14.6 Å². The number of hydrogen-bond acceptors (Lipinski definition) is 3. The molecule has 0 heterocycles. The Morgan fingerprint density at radius 1 is 1.38 bits per heavy atom. The molecule has 0 saturated carbocycles. The number of aliphatic carboxylic acids is 1. The number of likely N-dealkylation sites (N-methyl/N-ethyl adjacent to an activating group) is 1. The first-order chi connectivity index (χ1) is 7.65. The lowest BCUT2D eigenvalue weighted by Gasteiger charge is -2.18. The van der Waals surface area contributed by atoms with Gasteiger partial charge in [0.15, 0.2) is 0 Å². The van der Waals surface area contributed by atoms with E-state index in [0.717, 1.165) is 19.7 Å². The SMILES string of the molecule is CCOCCN(CC)CC=C(CC)C(=O)O. The second-order valence-electron chi connectivity index (χ2n) is 3.48. The first-order valence-electron chi connectivity index (χ1n) is 5.88. The monoisotopic (exact) mass is 229 g/mol. The molecule has 0 aliphatic rings. The van der Waals surface area contributed by atoms with Crippen molar-refractivity contribution in [2.75, 3.05) is 32.8 Å². The van der Waals surface area contributed by atoms with Gasteiger partial charge in [0.2, 0.25) is 0 Å². The number of carboxylic acids is 1. The Kier molecular flexibility index (Phi) is 8.85. The quantitative estimate of drug-likeness (QED) is 0.483. The summed E-state index contributed by atoms with van der Waals surface area (Å²) < 4.78 is 5.27. The van der Waals surface area contributed by atoms with Crippen molar-refractivity contribution in [3.63, 3.8) is 0 Å². The van der Waals surface area contributed by atoms with Crippen molar-refractivity contribution >= 4 is 5.97 Å². The molecule has 16 heavy (non-hydrogen) atoms. The summed E-state index contributed by atoms with van der Waals surface area (Å²) in [5.74, 6) is -0.816. The van der Waals surface area contributed by atoms with Crippen LogP contribution in [0.4, 0.5) is 0 Å². The van der Waals surface area contributed by atoms with Crippen molar-refractivity contribution in [3.05, 3.63) is 11.6 Å². The lowest BCUT2D eigenvalue weighted by Crippen LogP contribution is -2.28. The number of carbonyl (C=O) groups is 1. The highest BCUT2D eigenvalue weighted by atomic mass is 16.5. The molecule has 0 spiro atoms. The summed E-state index contributed by atoms with van der Waals surface area (Å²) in [5.41, 5.74) is 0.481. The fourth-order valence-corrected chi connectivity index (χ4v) is 1.34. The summed E-state index contributed by atoms with van der Waals surface area (Å²) in [7, 11) is 0. The van der Waals surface area contributed by atoms with E-state index in [-0.39, 0.29) is 0 Å². The fourth-order valence-electron chi connectivity index (χ4n) is 1.34. The molecule has 0 aromatic carbocycles. The van der Waals surface area contributed by atoms with Crippen LogP contribution in [-0.2, 0) is 9.53 Å². The van der Waals surface area contributed by atoms with Crippen molar-refractivity contribution in [1.29, 1.82) is 0 Å². The van der Waals surface area contributed by atoms with Crippen LogP contribution >= 0.6 is 0 Å². The van der Waals surface area contributed by atoms with Gasteiger partial charge in [0, 0.05) is 25.3 Å². The summed E-state index contributed by atoms with van der Waals surface area (Å²) in [6.07, 6.45) is 2.36. The minimum atomic E-state index is -0.816. The van der Waals surface area contributed by atoms with Crippen molar-refractivity contribution in [2.24, 2.45) is 0 Å². The molecule has 0 bridgehead atoms. The number of rotatable bonds is 9. The molecule has 0 radical (unpaired) electrons. The van der Waals surface area contributed by atoms with E-state index in [9.17, 15) is 4.79 Å². The summed E-state index contributed by atoms with van der Waals surface area (Å²) in [5, 5.41) is 8.86. The lowest BCUT2D eigenvalue weighted by atomic mass is 10.2. The van der Waals surface area contributed by atoms with Crippen LogP contribution in [0.25, 0.3) is 0 Å². The Balaban J connectivity index is 4.05. The van der Waals surface area contributed by atoms with E-state index in [1.807, 2.05) is 13.8 Å². The average Bonchev–Trinajstić information content (AvgIpc) is 2.27. The third kappa shape index (κ3) is 6.58. The maximum Gasteiger partial charge on any atom is 0.331 e. The number of ether oxygens (including phenoxy) is 1. The van der Waals surface area contributed by atoms with E-state index in [1.54, 1.807) is 6.08 Å². The molecule has 0 fully saturated rings. The van der Waals surface area contributed by atoms with E-state index in [0.29, 0.717) is 25.1 Å². The van der Waals surface area contributed by atoms with Gasteiger partial charge in [-0.1, -0.05) is 19.9 Å². The van der Waals surface area contributed by atoms with E-state index < -0.39 is 5.97 Å². The molecule has 4 heteroatoms.